The van der Waals surface area contributed by atoms with E-state index in [2.05, 4.69) is 10.3 Å². The van der Waals surface area contributed by atoms with E-state index in [9.17, 15) is 4.79 Å². The lowest BCUT2D eigenvalue weighted by molar-refractivity contribution is 0.322. The Labute approximate surface area is 104 Å². The molecule has 1 heterocycles. The molecule has 1 aromatic carbocycles. The molecular weight excluding hydrogens is 230 g/mol. The van der Waals surface area contributed by atoms with Crippen molar-refractivity contribution in [3.63, 3.8) is 0 Å². The predicted octanol–water partition coefficient (Wildman–Crippen LogP) is 1.90. The van der Waals surface area contributed by atoms with Gasteiger partial charge in [-0.3, -0.25) is 9.89 Å². The van der Waals surface area contributed by atoms with Crippen molar-refractivity contribution in [2.24, 2.45) is 5.16 Å². The van der Waals surface area contributed by atoms with E-state index in [1.807, 2.05) is 32.0 Å². The van der Waals surface area contributed by atoms with Gasteiger partial charge in [0, 0.05) is 5.69 Å². The van der Waals surface area contributed by atoms with Crippen molar-refractivity contribution in [3.8, 4) is 5.69 Å². The molecule has 94 valence electrons. The average Bonchev–Trinajstić information content (AvgIpc) is 2.61. The van der Waals surface area contributed by atoms with Gasteiger partial charge in [0.15, 0.2) is 0 Å². The molecule has 0 saturated carbocycles. The van der Waals surface area contributed by atoms with Crippen LogP contribution in [0.5, 0.6) is 0 Å². The maximum Gasteiger partial charge on any atom is 0.280 e. The second-order valence-electron chi connectivity index (χ2n) is 4.30. The first-order chi connectivity index (χ1) is 8.54. The molecule has 2 N–H and O–H groups in total. The zero-order chi connectivity index (χ0) is 13.3. The van der Waals surface area contributed by atoms with Gasteiger partial charge in [-0.1, -0.05) is 11.2 Å². The van der Waals surface area contributed by atoms with Crippen molar-refractivity contribution in [2.75, 3.05) is 0 Å². The Hall–Kier alpha value is -2.30. The lowest BCUT2D eigenvalue weighted by Gasteiger charge is -2.05. The van der Waals surface area contributed by atoms with Crippen molar-refractivity contribution in [1.29, 1.82) is 0 Å². The molecule has 0 aliphatic carbocycles. The van der Waals surface area contributed by atoms with Crippen LogP contribution in [0.2, 0.25) is 0 Å². The van der Waals surface area contributed by atoms with Gasteiger partial charge in [0.1, 0.15) is 0 Å². The van der Waals surface area contributed by atoms with Gasteiger partial charge in [0.05, 0.1) is 17.5 Å². The highest BCUT2D eigenvalue weighted by Crippen LogP contribution is 2.12. The molecule has 0 unspecified atom stereocenters. The number of aryl methyl sites for hydroxylation is 3. The molecule has 0 saturated heterocycles. The number of nitrogens with zero attached hydrogens (tertiary/aromatic N) is 2. The number of aromatic nitrogens is 2. The molecule has 2 rings (SSSR count). The van der Waals surface area contributed by atoms with Crippen LogP contribution in [-0.4, -0.2) is 21.2 Å². The van der Waals surface area contributed by atoms with Gasteiger partial charge in [-0.25, -0.2) is 4.68 Å². The number of oxime groups is 1. The first kappa shape index (κ1) is 12.2. The summed E-state index contributed by atoms with van der Waals surface area (Å²) < 4.78 is 1.44. The summed E-state index contributed by atoms with van der Waals surface area (Å²) in [5.41, 5.74) is 3.85. The molecule has 5 heteroatoms. The molecular formula is C13H15N3O2. The number of benzene rings is 1. The van der Waals surface area contributed by atoms with Crippen LogP contribution in [0.3, 0.4) is 0 Å². The zero-order valence-electron chi connectivity index (χ0n) is 10.6. The molecule has 0 amide bonds. The SMILES string of the molecule is Cc1ccc(-n2[nH]c(C)c(/C=N\O)c2=O)cc1C. The van der Waals surface area contributed by atoms with Gasteiger partial charge in [0.2, 0.25) is 0 Å². The molecule has 0 aliphatic rings. The normalized spacial score (nSPS) is 11.3. The number of rotatable bonds is 2. The molecule has 0 fully saturated rings. The van der Waals surface area contributed by atoms with E-state index in [0.29, 0.717) is 11.3 Å². The van der Waals surface area contributed by atoms with Crippen molar-refractivity contribution < 1.29 is 5.21 Å². The molecule has 0 aliphatic heterocycles. The highest BCUT2D eigenvalue weighted by Gasteiger charge is 2.11. The molecule has 1 aromatic heterocycles. The maximum absolute atomic E-state index is 12.1. The molecule has 0 atom stereocenters. The fourth-order valence-electron chi connectivity index (χ4n) is 1.82. The summed E-state index contributed by atoms with van der Waals surface area (Å²) in [6.07, 6.45) is 1.14. The fraction of sp³-hybridized carbons (Fsp3) is 0.231. The number of hydrogen-bond acceptors (Lipinski definition) is 3. The van der Waals surface area contributed by atoms with Gasteiger partial charge in [-0.2, -0.15) is 0 Å². The first-order valence-corrected chi connectivity index (χ1v) is 5.61. The highest BCUT2D eigenvalue weighted by molar-refractivity contribution is 5.80. The van der Waals surface area contributed by atoms with E-state index in [1.54, 1.807) is 6.92 Å². The summed E-state index contributed by atoms with van der Waals surface area (Å²) in [5.74, 6) is 0. The van der Waals surface area contributed by atoms with Crippen LogP contribution in [-0.2, 0) is 0 Å². The van der Waals surface area contributed by atoms with Crippen LogP contribution in [0.25, 0.3) is 5.69 Å². The minimum absolute atomic E-state index is 0.228. The quantitative estimate of drug-likeness (QED) is 0.482. The lowest BCUT2D eigenvalue weighted by atomic mass is 10.1. The van der Waals surface area contributed by atoms with Crippen LogP contribution in [0.15, 0.2) is 28.1 Å². The van der Waals surface area contributed by atoms with Crippen LogP contribution >= 0.6 is 0 Å². The van der Waals surface area contributed by atoms with Gasteiger partial charge in [0.25, 0.3) is 5.56 Å². The number of H-pyrrole nitrogens is 1. The summed E-state index contributed by atoms with van der Waals surface area (Å²) in [6.45, 7) is 5.78. The standard InChI is InChI=1S/C13H15N3O2/c1-8-4-5-11(6-9(8)2)16-13(17)12(7-14-18)10(3)15-16/h4-7,15,18H,1-3H3/b14-7-. The molecule has 0 radical (unpaired) electrons. The van der Waals surface area contributed by atoms with Crippen molar-refractivity contribution >= 4 is 6.21 Å². The number of hydrogen-bond donors (Lipinski definition) is 2. The monoisotopic (exact) mass is 245 g/mol. The van der Waals surface area contributed by atoms with Gasteiger partial charge >= 0.3 is 0 Å². The van der Waals surface area contributed by atoms with Gasteiger partial charge in [-0.15, -0.1) is 0 Å². The third kappa shape index (κ3) is 1.95. The summed E-state index contributed by atoms with van der Waals surface area (Å²) in [7, 11) is 0. The molecule has 0 spiro atoms. The zero-order valence-corrected chi connectivity index (χ0v) is 10.6. The predicted molar refractivity (Wildman–Crippen MR) is 70.0 cm³/mol. The molecule has 2 aromatic rings. The minimum Gasteiger partial charge on any atom is -0.411 e. The van der Waals surface area contributed by atoms with Crippen molar-refractivity contribution in [1.82, 2.24) is 9.78 Å². The van der Waals surface area contributed by atoms with Crippen LogP contribution in [0, 0.1) is 20.8 Å². The third-order valence-corrected chi connectivity index (χ3v) is 3.05. The average molecular weight is 245 g/mol. The topological polar surface area (TPSA) is 70.4 Å². The number of aromatic amines is 1. The Balaban J connectivity index is 2.61. The van der Waals surface area contributed by atoms with E-state index in [-0.39, 0.29) is 5.56 Å². The second kappa shape index (κ2) is 4.52. The van der Waals surface area contributed by atoms with E-state index >= 15 is 0 Å². The van der Waals surface area contributed by atoms with E-state index in [4.69, 9.17) is 5.21 Å². The van der Waals surface area contributed by atoms with Crippen LogP contribution in [0.4, 0.5) is 0 Å². The first-order valence-electron chi connectivity index (χ1n) is 5.61. The fourth-order valence-corrected chi connectivity index (χ4v) is 1.82. The summed E-state index contributed by atoms with van der Waals surface area (Å²) >= 11 is 0. The Morgan fingerprint density at radius 3 is 2.61 bits per heavy atom. The summed E-state index contributed by atoms with van der Waals surface area (Å²) in [6, 6.07) is 5.78. The van der Waals surface area contributed by atoms with E-state index in [1.165, 1.54) is 10.2 Å². The highest BCUT2D eigenvalue weighted by atomic mass is 16.4. The van der Waals surface area contributed by atoms with E-state index < -0.39 is 0 Å². The maximum atomic E-state index is 12.1. The largest absolute Gasteiger partial charge is 0.411 e. The van der Waals surface area contributed by atoms with Crippen LogP contribution < -0.4 is 5.56 Å². The van der Waals surface area contributed by atoms with Crippen molar-refractivity contribution in [2.45, 2.75) is 20.8 Å². The summed E-state index contributed by atoms with van der Waals surface area (Å²) in [4.78, 5) is 12.1. The number of nitrogens with one attached hydrogen (secondary N) is 1. The molecule has 5 nitrogen and oxygen atoms in total. The molecule has 18 heavy (non-hydrogen) atoms. The Kier molecular flexibility index (Phi) is 3.06. The smallest absolute Gasteiger partial charge is 0.280 e. The third-order valence-electron chi connectivity index (χ3n) is 3.05. The van der Waals surface area contributed by atoms with Gasteiger partial charge in [-0.05, 0) is 44.0 Å². The van der Waals surface area contributed by atoms with Crippen LogP contribution in [0.1, 0.15) is 22.4 Å². The second-order valence-corrected chi connectivity index (χ2v) is 4.30. The lowest BCUT2D eigenvalue weighted by Crippen LogP contribution is -2.17. The van der Waals surface area contributed by atoms with E-state index in [0.717, 1.165) is 17.5 Å². The Morgan fingerprint density at radius 2 is 2.00 bits per heavy atom. The molecule has 0 bridgehead atoms. The van der Waals surface area contributed by atoms with Crippen molar-refractivity contribution in [3.05, 3.63) is 50.9 Å². The Bertz CT molecular complexity index is 665. The Morgan fingerprint density at radius 1 is 1.28 bits per heavy atom. The summed E-state index contributed by atoms with van der Waals surface area (Å²) in [5, 5.41) is 14.4. The van der Waals surface area contributed by atoms with Gasteiger partial charge < -0.3 is 5.21 Å². The minimum atomic E-state index is -0.228.